The van der Waals surface area contributed by atoms with Crippen molar-refractivity contribution in [2.45, 2.75) is 6.04 Å². The summed E-state index contributed by atoms with van der Waals surface area (Å²) in [6.45, 7) is 2.50. The number of hydrogen-bond donors (Lipinski definition) is 3. The molecule has 0 bridgehead atoms. The first-order chi connectivity index (χ1) is 12.2. The second-order valence-electron chi connectivity index (χ2n) is 5.85. The van der Waals surface area contributed by atoms with E-state index in [1.54, 1.807) is 6.20 Å². The van der Waals surface area contributed by atoms with Crippen molar-refractivity contribution in [3.8, 4) is 21.7 Å². The maximum Gasteiger partial charge on any atom is 0.208 e. The second kappa shape index (κ2) is 7.09. The van der Waals surface area contributed by atoms with Crippen LogP contribution in [0.3, 0.4) is 0 Å². The number of aromatic amines is 1. The van der Waals surface area contributed by atoms with Gasteiger partial charge in [-0.3, -0.25) is 5.10 Å². The first kappa shape index (κ1) is 16.5. The van der Waals surface area contributed by atoms with Crippen molar-refractivity contribution < 1.29 is 5.11 Å². The molecule has 130 valence electrons. The van der Waals surface area contributed by atoms with Gasteiger partial charge in [0.15, 0.2) is 5.01 Å². The summed E-state index contributed by atoms with van der Waals surface area (Å²) in [5.74, 6) is 0. The number of hydrogen-bond acceptors (Lipinski definition) is 7. The third kappa shape index (κ3) is 3.38. The van der Waals surface area contributed by atoms with Gasteiger partial charge >= 0.3 is 0 Å². The Hall–Kier alpha value is -2.00. The molecule has 1 aliphatic rings. The molecular weight excluding hydrogens is 360 g/mol. The molecule has 1 atom stereocenters. The number of rotatable bonds is 4. The predicted molar refractivity (Wildman–Crippen MR) is 99.0 cm³/mol. The highest BCUT2D eigenvalue weighted by Crippen LogP contribution is 2.35. The number of aliphatic hydroxyl groups is 1. The van der Waals surface area contributed by atoms with Crippen LogP contribution in [0.1, 0.15) is 0 Å². The number of aromatic nitrogens is 4. The van der Waals surface area contributed by atoms with Crippen LogP contribution in [0.4, 0.5) is 5.13 Å². The molecule has 0 aliphatic carbocycles. The quantitative estimate of drug-likeness (QED) is 0.645. The Morgan fingerprint density at radius 1 is 1.32 bits per heavy atom. The molecular formula is C16H17ClN6OS. The maximum absolute atomic E-state index is 9.33. The van der Waals surface area contributed by atoms with Gasteiger partial charge in [0, 0.05) is 43.0 Å². The van der Waals surface area contributed by atoms with E-state index < -0.39 is 0 Å². The molecule has 0 amide bonds. The van der Waals surface area contributed by atoms with E-state index in [1.807, 2.05) is 24.4 Å². The molecule has 0 saturated carbocycles. The molecule has 2 aromatic heterocycles. The van der Waals surface area contributed by atoms with Crippen LogP contribution in [0.2, 0.25) is 5.02 Å². The number of H-pyrrole nitrogens is 1. The Kier molecular flexibility index (Phi) is 4.67. The van der Waals surface area contributed by atoms with E-state index in [-0.39, 0.29) is 12.6 Å². The molecule has 9 heteroatoms. The first-order valence-electron chi connectivity index (χ1n) is 7.96. The van der Waals surface area contributed by atoms with Crippen molar-refractivity contribution in [1.29, 1.82) is 0 Å². The lowest BCUT2D eigenvalue weighted by Crippen LogP contribution is -2.52. The van der Waals surface area contributed by atoms with Crippen molar-refractivity contribution in [3.05, 3.63) is 35.6 Å². The molecule has 1 fully saturated rings. The molecule has 7 nitrogen and oxygen atoms in total. The number of aliphatic hydroxyl groups excluding tert-OH is 1. The molecule has 4 rings (SSSR count). The fraction of sp³-hybridized carbons (Fsp3) is 0.312. The first-order valence-corrected chi connectivity index (χ1v) is 9.16. The molecule has 0 radical (unpaired) electrons. The van der Waals surface area contributed by atoms with Crippen LogP contribution in [-0.4, -0.2) is 57.8 Å². The van der Waals surface area contributed by atoms with Crippen molar-refractivity contribution >= 4 is 28.1 Å². The van der Waals surface area contributed by atoms with Gasteiger partial charge in [0.25, 0.3) is 0 Å². The topological polar surface area (TPSA) is 90.0 Å². The van der Waals surface area contributed by atoms with Crippen LogP contribution in [-0.2, 0) is 0 Å². The molecule has 0 spiro atoms. The number of nitrogens with one attached hydrogen (secondary N) is 2. The lowest BCUT2D eigenvalue weighted by atomic mass is 10.1. The van der Waals surface area contributed by atoms with Crippen LogP contribution in [0.15, 0.2) is 30.6 Å². The Morgan fingerprint density at radius 2 is 2.24 bits per heavy atom. The summed E-state index contributed by atoms with van der Waals surface area (Å²) in [6.07, 6.45) is 3.59. The normalized spacial score (nSPS) is 17.8. The highest BCUT2D eigenvalue weighted by atomic mass is 35.5. The number of piperazine rings is 1. The minimum absolute atomic E-state index is 0.0685. The molecule has 0 unspecified atom stereocenters. The van der Waals surface area contributed by atoms with Gasteiger partial charge in [0.1, 0.15) is 0 Å². The lowest BCUT2D eigenvalue weighted by Gasteiger charge is -2.32. The Balaban J connectivity index is 1.58. The van der Waals surface area contributed by atoms with Gasteiger partial charge in [-0.05, 0) is 17.7 Å². The fourth-order valence-corrected chi connectivity index (χ4v) is 4.10. The van der Waals surface area contributed by atoms with E-state index >= 15 is 0 Å². The van der Waals surface area contributed by atoms with E-state index in [0.29, 0.717) is 5.02 Å². The van der Waals surface area contributed by atoms with E-state index in [2.05, 4.69) is 30.6 Å². The summed E-state index contributed by atoms with van der Waals surface area (Å²) in [6, 6.07) is 5.94. The van der Waals surface area contributed by atoms with Crippen molar-refractivity contribution in [3.63, 3.8) is 0 Å². The predicted octanol–water partition coefficient (Wildman–Crippen LogP) is 2.02. The molecule has 1 saturated heterocycles. The SMILES string of the molecule is OC[C@H]1CN(c2nnc(-c3ccc(-c4cn[nH]c4)cc3Cl)s2)CCN1. The van der Waals surface area contributed by atoms with E-state index in [1.165, 1.54) is 11.3 Å². The average molecular weight is 377 g/mol. The summed E-state index contributed by atoms with van der Waals surface area (Å²) in [5.41, 5.74) is 2.86. The van der Waals surface area contributed by atoms with Crippen LogP contribution in [0.25, 0.3) is 21.7 Å². The zero-order valence-corrected chi connectivity index (χ0v) is 14.9. The van der Waals surface area contributed by atoms with Crippen molar-refractivity contribution in [2.75, 3.05) is 31.1 Å². The third-order valence-corrected chi connectivity index (χ3v) is 5.52. The largest absolute Gasteiger partial charge is 0.395 e. The highest BCUT2D eigenvalue weighted by molar-refractivity contribution is 7.18. The minimum atomic E-state index is 0.0685. The van der Waals surface area contributed by atoms with Gasteiger partial charge in [0.2, 0.25) is 5.13 Å². The summed E-state index contributed by atoms with van der Waals surface area (Å²) < 4.78 is 0. The van der Waals surface area contributed by atoms with Gasteiger partial charge in [-0.25, -0.2) is 0 Å². The number of benzene rings is 1. The minimum Gasteiger partial charge on any atom is -0.395 e. The summed E-state index contributed by atoms with van der Waals surface area (Å²) in [5, 5.41) is 30.3. The lowest BCUT2D eigenvalue weighted by molar-refractivity contribution is 0.235. The average Bonchev–Trinajstić information content (AvgIpc) is 3.34. The number of nitrogens with zero attached hydrogens (tertiary/aromatic N) is 4. The second-order valence-corrected chi connectivity index (χ2v) is 7.21. The van der Waals surface area contributed by atoms with Gasteiger partial charge in [-0.15, -0.1) is 10.2 Å². The van der Waals surface area contributed by atoms with Gasteiger partial charge in [-0.2, -0.15) is 5.10 Å². The van der Waals surface area contributed by atoms with E-state index in [4.69, 9.17) is 11.6 Å². The summed E-state index contributed by atoms with van der Waals surface area (Å²) in [7, 11) is 0. The maximum atomic E-state index is 9.33. The highest BCUT2D eigenvalue weighted by Gasteiger charge is 2.22. The smallest absolute Gasteiger partial charge is 0.208 e. The Labute approximate surface area is 153 Å². The van der Waals surface area contributed by atoms with Crippen LogP contribution in [0.5, 0.6) is 0 Å². The van der Waals surface area contributed by atoms with Crippen LogP contribution < -0.4 is 10.2 Å². The Morgan fingerprint density at radius 3 is 3.00 bits per heavy atom. The van der Waals surface area contributed by atoms with Crippen LogP contribution >= 0.6 is 22.9 Å². The molecule has 1 aliphatic heterocycles. The summed E-state index contributed by atoms with van der Waals surface area (Å²) in [4.78, 5) is 2.15. The van der Waals surface area contributed by atoms with Gasteiger partial charge in [0.05, 0.1) is 17.8 Å². The zero-order valence-electron chi connectivity index (χ0n) is 13.3. The van der Waals surface area contributed by atoms with E-state index in [9.17, 15) is 5.11 Å². The zero-order chi connectivity index (χ0) is 17.2. The summed E-state index contributed by atoms with van der Waals surface area (Å²) >= 11 is 7.99. The molecule has 3 aromatic rings. The monoisotopic (exact) mass is 376 g/mol. The standard InChI is InChI=1S/C16H17ClN6OS/c17-14-5-10(11-6-19-20-7-11)1-2-13(14)15-21-22-16(25-15)23-4-3-18-12(8-23)9-24/h1-2,5-7,12,18,24H,3-4,8-9H2,(H,19,20)/t12-/m1/s1. The molecule has 3 heterocycles. The number of anilines is 1. The van der Waals surface area contributed by atoms with Gasteiger partial charge < -0.3 is 15.3 Å². The third-order valence-electron chi connectivity index (χ3n) is 4.19. The number of halogens is 1. The Bertz CT molecular complexity index is 852. The van der Waals surface area contributed by atoms with Gasteiger partial charge in [-0.1, -0.05) is 29.0 Å². The molecule has 1 aromatic carbocycles. The molecule has 3 N–H and O–H groups in total. The van der Waals surface area contributed by atoms with E-state index in [0.717, 1.165) is 46.5 Å². The van der Waals surface area contributed by atoms with Crippen LogP contribution in [0, 0.1) is 0 Å². The van der Waals surface area contributed by atoms with Crippen molar-refractivity contribution in [1.82, 2.24) is 25.7 Å². The fourth-order valence-electron chi connectivity index (χ4n) is 2.85. The molecule has 25 heavy (non-hydrogen) atoms. The van der Waals surface area contributed by atoms with Crippen molar-refractivity contribution in [2.24, 2.45) is 0 Å².